The van der Waals surface area contributed by atoms with Crippen LogP contribution in [0.25, 0.3) is 0 Å². The molecule has 0 spiro atoms. The molecule has 6 heteroatoms. The quantitative estimate of drug-likeness (QED) is 0.816. The van der Waals surface area contributed by atoms with E-state index in [2.05, 4.69) is 10.6 Å². The Hall–Kier alpha value is -2.08. The number of hydrogen-bond donors (Lipinski definition) is 2. The Kier molecular flexibility index (Phi) is 5.37. The molecule has 5 nitrogen and oxygen atoms in total. The van der Waals surface area contributed by atoms with Crippen molar-refractivity contribution in [2.45, 2.75) is 19.4 Å². The largest absolute Gasteiger partial charge is 0.467 e. The molecule has 2 amide bonds. The van der Waals surface area contributed by atoms with E-state index >= 15 is 0 Å². The van der Waals surface area contributed by atoms with Crippen LogP contribution in [0.3, 0.4) is 0 Å². The second-order valence-electron chi connectivity index (χ2n) is 4.21. The first-order valence-electron chi connectivity index (χ1n) is 6.32. The molecule has 2 aromatic rings. The molecule has 0 saturated heterocycles. The molecule has 0 saturated carbocycles. The minimum absolute atomic E-state index is 0.00994. The minimum atomic E-state index is -0.231. The van der Waals surface area contributed by atoms with Crippen molar-refractivity contribution < 1.29 is 14.0 Å². The Morgan fingerprint density at radius 3 is 2.75 bits per heavy atom. The zero-order valence-electron chi connectivity index (χ0n) is 10.9. The lowest BCUT2D eigenvalue weighted by Gasteiger charge is -2.05. The molecule has 0 aliphatic heterocycles. The summed E-state index contributed by atoms with van der Waals surface area (Å²) in [6, 6.07) is 7.49. The predicted molar refractivity (Wildman–Crippen MR) is 76.2 cm³/mol. The number of nitrogens with one attached hydrogen (secondary N) is 2. The number of amides is 2. The fourth-order valence-electron chi connectivity index (χ4n) is 1.62. The van der Waals surface area contributed by atoms with Gasteiger partial charge in [0, 0.05) is 11.3 Å². The van der Waals surface area contributed by atoms with Crippen LogP contribution >= 0.6 is 11.3 Å². The summed E-state index contributed by atoms with van der Waals surface area (Å²) in [4.78, 5) is 24.2. The van der Waals surface area contributed by atoms with Crippen LogP contribution in [0.2, 0.25) is 0 Å². The van der Waals surface area contributed by atoms with E-state index in [1.165, 1.54) is 4.88 Å². The van der Waals surface area contributed by atoms with E-state index in [1.54, 1.807) is 29.7 Å². The number of thiophene rings is 1. The maximum Gasteiger partial charge on any atom is 0.239 e. The first-order valence-corrected chi connectivity index (χ1v) is 7.20. The van der Waals surface area contributed by atoms with Crippen LogP contribution in [0.1, 0.15) is 17.1 Å². The normalized spacial score (nSPS) is 10.2. The summed E-state index contributed by atoms with van der Waals surface area (Å²) in [5.41, 5.74) is 0. The molecule has 2 rings (SSSR count). The maximum absolute atomic E-state index is 11.6. The van der Waals surface area contributed by atoms with Gasteiger partial charge in [-0.25, -0.2) is 0 Å². The number of carbonyl (C=O) groups is 2. The average Bonchev–Trinajstić information content (AvgIpc) is 3.13. The number of carbonyl (C=O) groups excluding carboxylic acids is 2. The molecule has 2 heterocycles. The van der Waals surface area contributed by atoms with E-state index < -0.39 is 0 Å². The van der Waals surface area contributed by atoms with Crippen LogP contribution in [0.5, 0.6) is 0 Å². The highest BCUT2D eigenvalue weighted by Gasteiger charge is 2.06. The summed E-state index contributed by atoms with van der Waals surface area (Å²) in [5, 5.41) is 7.24. The van der Waals surface area contributed by atoms with Gasteiger partial charge in [0.05, 0.1) is 19.4 Å². The summed E-state index contributed by atoms with van der Waals surface area (Å²) in [5.74, 6) is 0.333. The van der Waals surface area contributed by atoms with E-state index in [4.69, 9.17) is 4.42 Å². The molecule has 0 aromatic carbocycles. The SMILES string of the molecule is O=C(CCc1cccs1)NCC(=O)NCc1ccco1. The smallest absolute Gasteiger partial charge is 0.239 e. The highest BCUT2D eigenvalue weighted by Crippen LogP contribution is 2.10. The summed E-state index contributed by atoms with van der Waals surface area (Å²) in [7, 11) is 0. The summed E-state index contributed by atoms with van der Waals surface area (Å²) < 4.78 is 5.09. The number of furan rings is 1. The summed E-state index contributed by atoms with van der Waals surface area (Å²) >= 11 is 1.63. The van der Waals surface area contributed by atoms with Crippen molar-refractivity contribution in [1.29, 1.82) is 0 Å². The van der Waals surface area contributed by atoms with Gasteiger partial charge in [0.15, 0.2) is 0 Å². The molecule has 106 valence electrons. The third-order valence-electron chi connectivity index (χ3n) is 2.66. The molecule has 2 N–H and O–H groups in total. The van der Waals surface area contributed by atoms with Crippen LogP contribution < -0.4 is 10.6 Å². The van der Waals surface area contributed by atoms with Gasteiger partial charge in [-0.2, -0.15) is 0 Å². The van der Waals surface area contributed by atoms with E-state index in [-0.39, 0.29) is 18.4 Å². The second kappa shape index (κ2) is 7.49. The topological polar surface area (TPSA) is 71.3 Å². The molecule has 0 aliphatic carbocycles. The van der Waals surface area contributed by atoms with Crippen LogP contribution in [-0.2, 0) is 22.6 Å². The molecule has 0 fully saturated rings. The first kappa shape index (κ1) is 14.3. The van der Waals surface area contributed by atoms with Crippen LogP contribution in [-0.4, -0.2) is 18.4 Å². The van der Waals surface area contributed by atoms with Crippen LogP contribution in [0, 0.1) is 0 Å². The van der Waals surface area contributed by atoms with Gasteiger partial charge < -0.3 is 15.1 Å². The van der Waals surface area contributed by atoms with Crippen molar-refractivity contribution in [1.82, 2.24) is 10.6 Å². The third-order valence-corrected chi connectivity index (χ3v) is 3.60. The fourth-order valence-corrected chi connectivity index (χ4v) is 2.33. The molecule has 0 radical (unpaired) electrons. The zero-order valence-corrected chi connectivity index (χ0v) is 11.7. The average molecular weight is 292 g/mol. The third kappa shape index (κ3) is 4.89. The van der Waals surface area contributed by atoms with E-state index in [0.29, 0.717) is 25.1 Å². The lowest BCUT2D eigenvalue weighted by molar-refractivity contribution is -0.126. The van der Waals surface area contributed by atoms with Gasteiger partial charge in [0.2, 0.25) is 11.8 Å². The van der Waals surface area contributed by atoms with Gasteiger partial charge >= 0.3 is 0 Å². The van der Waals surface area contributed by atoms with Crippen molar-refractivity contribution in [3.63, 3.8) is 0 Å². The van der Waals surface area contributed by atoms with Crippen molar-refractivity contribution in [3.05, 3.63) is 46.5 Å². The summed E-state index contributed by atoms with van der Waals surface area (Å²) in [6.07, 6.45) is 2.65. The lowest BCUT2D eigenvalue weighted by atomic mass is 10.2. The standard InChI is InChI=1S/C14H16N2O3S/c17-13(6-5-12-4-2-8-20-12)16-10-14(18)15-9-11-3-1-7-19-11/h1-4,7-8H,5-6,9-10H2,(H,15,18)(H,16,17). The van der Waals surface area contributed by atoms with Gasteiger partial charge in [-0.05, 0) is 30.0 Å². The van der Waals surface area contributed by atoms with Gasteiger partial charge in [-0.15, -0.1) is 11.3 Å². The van der Waals surface area contributed by atoms with Gasteiger partial charge in [0.25, 0.3) is 0 Å². The molecular formula is C14H16N2O3S. The van der Waals surface area contributed by atoms with E-state index in [0.717, 1.165) is 0 Å². The Morgan fingerprint density at radius 1 is 1.15 bits per heavy atom. The number of rotatable bonds is 7. The monoisotopic (exact) mass is 292 g/mol. The molecule has 0 unspecified atom stereocenters. The Morgan fingerprint density at radius 2 is 2.05 bits per heavy atom. The zero-order chi connectivity index (χ0) is 14.2. The molecule has 2 aromatic heterocycles. The maximum atomic E-state index is 11.6. The summed E-state index contributed by atoms with van der Waals surface area (Å²) in [6.45, 7) is 0.320. The van der Waals surface area contributed by atoms with Gasteiger partial charge in [-0.3, -0.25) is 9.59 Å². The van der Waals surface area contributed by atoms with Crippen molar-refractivity contribution in [2.75, 3.05) is 6.54 Å². The first-order chi connectivity index (χ1) is 9.74. The van der Waals surface area contributed by atoms with Crippen molar-refractivity contribution >= 4 is 23.2 Å². The Balaban J connectivity index is 1.59. The van der Waals surface area contributed by atoms with Gasteiger partial charge in [0.1, 0.15) is 5.76 Å². The molecular weight excluding hydrogens is 276 g/mol. The Labute approximate surface area is 121 Å². The highest BCUT2D eigenvalue weighted by atomic mass is 32.1. The Bertz CT molecular complexity index is 485. The van der Waals surface area contributed by atoms with Crippen LogP contribution in [0.4, 0.5) is 0 Å². The fraction of sp³-hybridized carbons (Fsp3) is 0.286. The van der Waals surface area contributed by atoms with Gasteiger partial charge in [-0.1, -0.05) is 6.07 Å². The molecule has 0 bridgehead atoms. The number of hydrogen-bond acceptors (Lipinski definition) is 4. The van der Waals surface area contributed by atoms with Crippen LogP contribution in [0.15, 0.2) is 40.3 Å². The van der Waals surface area contributed by atoms with E-state index in [9.17, 15) is 9.59 Å². The number of aryl methyl sites for hydroxylation is 1. The predicted octanol–water partition coefficient (Wildman–Crippen LogP) is 1.71. The minimum Gasteiger partial charge on any atom is -0.467 e. The molecule has 20 heavy (non-hydrogen) atoms. The molecule has 0 aliphatic rings. The van der Waals surface area contributed by atoms with E-state index in [1.807, 2.05) is 17.5 Å². The second-order valence-corrected chi connectivity index (χ2v) is 5.24. The molecule has 0 atom stereocenters. The highest BCUT2D eigenvalue weighted by molar-refractivity contribution is 7.09. The lowest BCUT2D eigenvalue weighted by Crippen LogP contribution is -2.36. The van der Waals surface area contributed by atoms with Crippen molar-refractivity contribution in [3.8, 4) is 0 Å². The van der Waals surface area contributed by atoms with Crippen molar-refractivity contribution in [2.24, 2.45) is 0 Å².